The molecule has 0 saturated carbocycles. The van der Waals surface area contributed by atoms with Crippen molar-refractivity contribution in [2.45, 2.75) is 13.0 Å². The highest BCUT2D eigenvalue weighted by Gasteiger charge is 2.11. The second-order valence-electron chi connectivity index (χ2n) is 6.14. The highest BCUT2D eigenvalue weighted by atomic mass is 32.1. The Bertz CT molecular complexity index is 1020. The Kier molecular flexibility index (Phi) is 5.27. The second kappa shape index (κ2) is 8.15. The molecule has 4 N–H and O–H groups in total. The van der Waals surface area contributed by atoms with Gasteiger partial charge >= 0.3 is 0 Å². The summed E-state index contributed by atoms with van der Waals surface area (Å²) in [6.45, 7) is 2.18. The molecule has 4 aromatic rings. The lowest BCUT2D eigenvalue weighted by atomic mass is 10.2. The Morgan fingerprint density at radius 1 is 1.22 bits per heavy atom. The zero-order chi connectivity index (χ0) is 18.5. The van der Waals surface area contributed by atoms with Crippen LogP contribution in [0.15, 0.2) is 48.1 Å². The fourth-order valence-electron chi connectivity index (χ4n) is 2.88. The molecular weight excluding hydrogens is 360 g/mol. The molecule has 0 aliphatic carbocycles. The van der Waals surface area contributed by atoms with E-state index in [2.05, 4.69) is 36.9 Å². The van der Waals surface area contributed by atoms with Crippen LogP contribution in [0.4, 0.5) is 0 Å². The molecule has 4 rings (SSSR count). The fourth-order valence-corrected chi connectivity index (χ4v) is 3.58. The van der Waals surface area contributed by atoms with Gasteiger partial charge in [-0.3, -0.25) is 9.89 Å². The van der Waals surface area contributed by atoms with Gasteiger partial charge in [-0.15, -0.1) is 11.3 Å². The van der Waals surface area contributed by atoms with Gasteiger partial charge in [-0.2, -0.15) is 5.10 Å². The third kappa shape index (κ3) is 4.07. The van der Waals surface area contributed by atoms with E-state index >= 15 is 0 Å². The second-order valence-corrected chi connectivity index (χ2v) is 7.09. The molecule has 0 aromatic carbocycles. The van der Waals surface area contributed by atoms with Crippen molar-refractivity contribution in [2.75, 3.05) is 13.1 Å². The molecule has 0 atom stereocenters. The van der Waals surface area contributed by atoms with Crippen molar-refractivity contribution >= 4 is 28.3 Å². The summed E-state index contributed by atoms with van der Waals surface area (Å²) in [4.78, 5) is 20.7. The summed E-state index contributed by atoms with van der Waals surface area (Å²) >= 11 is 1.61. The van der Waals surface area contributed by atoms with Gasteiger partial charge in [-0.1, -0.05) is 6.07 Å². The zero-order valence-electron chi connectivity index (χ0n) is 14.7. The number of amides is 1. The van der Waals surface area contributed by atoms with Gasteiger partial charge in [-0.05, 0) is 48.2 Å². The van der Waals surface area contributed by atoms with Gasteiger partial charge in [0, 0.05) is 30.9 Å². The van der Waals surface area contributed by atoms with Gasteiger partial charge < -0.3 is 15.6 Å². The van der Waals surface area contributed by atoms with Crippen LogP contribution >= 0.6 is 11.3 Å². The first-order chi connectivity index (χ1) is 13.3. The smallest absolute Gasteiger partial charge is 0.271 e. The van der Waals surface area contributed by atoms with E-state index in [1.807, 2.05) is 29.8 Å². The normalized spacial score (nSPS) is 11.1. The number of aromatic amines is 2. The maximum absolute atomic E-state index is 12.2. The molecule has 4 heterocycles. The van der Waals surface area contributed by atoms with Crippen molar-refractivity contribution < 1.29 is 4.79 Å². The highest BCUT2D eigenvalue weighted by Crippen LogP contribution is 2.22. The number of thiophene rings is 1. The summed E-state index contributed by atoms with van der Waals surface area (Å²) < 4.78 is 0. The number of hydrogen-bond acceptors (Lipinski definition) is 5. The van der Waals surface area contributed by atoms with E-state index in [0.29, 0.717) is 12.2 Å². The van der Waals surface area contributed by atoms with Gasteiger partial charge in [0.1, 0.15) is 5.65 Å². The molecule has 8 heteroatoms. The lowest BCUT2D eigenvalue weighted by molar-refractivity contribution is 0.0948. The predicted molar refractivity (Wildman–Crippen MR) is 107 cm³/mol. The topological polar surface area (TPSA) is 98.5 Å². The standard InChI is InChI=1S/C19H20N6OS/c26-19(16-10-15(24-25-16)17-5-2-9-27-17)22-8-3-6-20-11-13-12-23-18-14(13)4-1-7-21-18/h1-2,4-5,7,9-10,12,20H,3,6,8,11H2,(H,21,23)(H,22,26)(H,24,25). The number of nitrogens with zero attached hydrogens (tertiary/aromatic N) is 2. The Labute approximate surface area is 160 Å². The first-order valence-corrected chi connectivity index (χ1v) is 9.68. The predicted octanol–water partition coefficient (Wildman–Crippen LogP) is 2.92. The molecule has 0 unspecified atom stereocenters. The van der Waals surface area contributed by atoms with E-state index in [-0.39, 0.29) is 5.91 Å². The molecule has 0 fully saturated rings. The molecule has 0 radical (unpaired) electrons. The highest BCUT2D eigenvalue weighted by molar-refractivity contribution is 7.13. The summed E-state index contributed by atoms with van der Waals surface area (Å²) in [5.41, 5.74) is 3.38. The number of rotatable bonds is 8. The van der Waals surface area contributed by atoms with E-state index in [1.54, 1.807) is 23.6 Å². The fraction of sp³-hybridized carbons (Fsp3) is 0.211. The van der Waals surface area contributed by atoms with E-state index in [9.17, 15) is 4.79 Å². The summed E-state index contributed by atoms with van der Waals surface area (Å²) in [5.74, 6) is -0.156. The molecule has 138 valence electrons. The average Bonchev–Trinajstić information content (AvgIpc) is 3.44. The van der Waals surface area contributed by atoms with Crippen molar-refractivity contribution in [3.8, 4) is 10.6 Å². The Balaban J connectivity index is 1.18. The number of nitrogens with one attached hydrogen (secondary N) is 4. The van der Waals surface area contributed by atoms with E-state index in [0.717, 1.165) is 41.1 Å². The minimum atomic E-state index is -0.156. The lowest BCUT2D eigenvalue weighted by Gasteiger charge is -2.05. The van der Waals surface area contributed by atoms with Crippen LogP contribution in [0.5, 0.6) is 0 Å². The minimum absolute atomic E-state index is 0.156. The van der Waals surface area contributed by atoms with E-state index in [1.165, 1.54) is 5.56 Å². The first kappa shape index (κ1) is 17.4. The Morgan fingerprint density at radius 2 is 2.19 bits per heavy atom. The summed E-state index contributed by atoms with van der Waals surface area (Å²) in [6.07, 6.45) is 4.60. The van der Waals surface area contributed by atoms with Crippen LogP contribution in [0, 0.1) is 0 Å². The molecule has 0 aliphatic rings. The third-order valence-electron chi connectivity index (χ3n) is 4.27. The number of aromatic nitrogens is 4. The van der Waals surface area contributed by atoms with Crippen LogP contribution in [0.3, 0.4) is 0 Å². The number of H-pyrrole nitrogens is 2. The molecule has 0 spiro atoms. The van der Waals surface area contributed by atoms with Crippen molar-refractivity contribution in [3.05, 3.63) is 59.4 Å². The maximum atomic E-state index is 12.2. The molecule has 7 nitrogen and oxygen atoms in total. The van der Waals surface area contributed by atoms with E-state index < -0.39 is 0 Å². The van der Waals surface area contributed by atoms with Crippen LogP contribution < -0.4 is 10.6 Å². The van der Waals surface area contributed by atoms with E-state index in [4.69, 9.17) is 0 Å². The van der Waals surface area contributed by atoms with Crippen LogP contribution in [-0.2, 0) is 6.54 Å². The largest absolute Gasteiger partial charge is 0.351 e. The molecule has 4 aromatic heterocycles. The molecule has 0 bridgehead atoms. The van der Waals surface area contributed by atoms with Crippen molar-refractivity contribution in [1.82, 2.24) is 30.8 Å². The number of carbonyl (C=O) groups excluding carboxylic acids is 1. The van der Waals surface area contributed by atoms with Gasteiger partial charge in [-0.25, -0.2) is 4.98 Å². The lowest BCUT2D eigenvalue weighted by Crippen LogP contribution is -2.27. The molecular formula is C19H20N6OS. The molecule has 27 heavy (non-hydrogen) atoms. The van der Waals surface area contributed by atoms with Gasteiger partial charge in [0.15, 0.2) is 5.69 Å². The zero-order valence-corrected chi connectivity index (χ0v) is 15.5. The van der Waals surface area contributed by atoms with Gasteiger partial charge in [0.25, 0.3) is 5.91 Å². The first-order valence-electron chi connectivity index (χ1n) is 8.80. The average molecular weight is 380 g/mol. The number of carbonyl (C=O) groups is 1. The quantitative estimate of drug-likeness (QED) is 0.353. The van der Waals surface area contributed by atoms with Gasteiger partial charge in [0.2, 0.25) is 0 Å². The summed E-state index contributed by atoms with van der Waals surface area (Å²) in [7, 11) is 0. The molecule has 1 amide bonds. The van der Waals surface area contributed by atoms with Crippen molar-refractivity contribution in [2.24, 2.45) is 0 Å². The summed E-state index contributed by atoms with van der Waals surface area (Å²) in [5, 5.41) is 16.4. The van der Waals surface area contributed by atoms with Crippen LogP contribution in [0.25, 0.3) is 21.6 Å². The monoisotopic (exact) mass is 380 g/mol. The van der Waals surface area contributed by atoms with Crippen LogP contribution in [-0.4, -0.2) is 39.2 Å². The third-order valence-corrected chi connectivity index (χ3v) is 5.17. The SMILES string of the molecule is O=C(NCCCNCc1c[nH]c2ncccc12)c1cc(-c2cccs2)[nH]n1. The van der Waals surface area contributed by atoms with Crippen molar-refractivity contribution in [3.63, 3.8) is 0 Å². The van der Waals surface area contributed by atoms with Crippen molar-refractivity contribution in [1.29, 1.82) is 0 Å². The summed E-state index contributed by atoms with van der Waals surface area (Å²) in [6, 6.07) is 9.75. The number of hydrogen-bond donors (Lipinski definition) is 4. The van der Waals surface area contributed by atoms with Crippen LogP contribution in [0.2, 0.25) is 0 Å². The number of pyridine rings is 1. The Morgan fingerprint density at radius 3 is 3.07 bits per heavy atom. The van der Waals surface area contributed by atoms with Gasteiger partial charge in [0.05, 0.1) is 10.6 Å². The Hall–Kier alpha value is -2.97. The van der Waals surface area contributed by atoms with Crippen LogP contribution in [0.1, 0.15) is 22.5 Å². The number of fused-ring (bicyclic) bond motifs is 1. The molecule has 0 saturated heterocycles. The maximum Gasteiger partial charge on any atom is 0.271 e. The minimum Gasteiger partial charge on any atom is -0.351 e. The molecule has 0 aliphatic heterocycles.